The Bertz CT molecular complexity index is 220. The summed E-state index contributed by atoms with van der Waals surface area (Å²) in [5.41, 5.74) is 0. The lowest BCUT2D eigenvalue weighted by Crippen LogP contribution is -2.56. The van der Waals surface area contributed by atoms with Crippen LogP contribution in [0.2, 0.25) is 0 Å². The Morgan fingerprint density at radius 1 is 0.750 bits per heavy atom. The zero-order chi connectivity index (χ0) is 13.0. The van der Waals surface area contributed by atoms with Gasteiger partial charge in [0.25, 0.3) is 0 Å². The van der Waals surface area contributed by atoms with Crippen LogP contribution in [-0.2, 0) is 14.5 Å². The molecule has 0 aromatic rings. The quantitative estimate of drug-likeness (QED) is 0.402. The van der Waals surface area contributed by atoms with E-state index in [1.165, 1.54) is 0 Å². The van der Waals surface area contributed by atoms with Crippen molar-refractivity contribution >= 4 is 0 Å². The highest BCUT2D eigenvalue weighted by atomic mass is 19.4. The third-order valence-electron chi connectivity index (χ3n) is 1.18. The van der Waals surface area contributed by atoms with E-state index in [0.717, 1.165) is 0 Å². The number of alkyl halides is 8. The van der Waals surface area contributed by atoms with Crippen LogP contribution in [0.3, 0.4) is 0 Å². The van der Waals surface area contributed by atoms with Gasteiger partial charge in [-0.15, -0.1) is 0 Å². The number of hydrogen-bond donors (Lipinski definition) is 0. The Morgan fingerprint density at radius 3 is 1.62 bits per heavy atom. The summed E-state index contributed by atoms with van der Waals surface area (Å²) in [6.07, 6.45) is -11.8. The highest BCUT2D eigenvalue weighted by Crippen LogP contribution is 2.46. The molecule has 0 aliphatic carbocycles. The molecule has 0 N–H and O–H groups in total. The molecule has 98 valence electrons. The largest absolute Gasteiger partial charge is 0.454 e. The molecular formula is C5H4F8O3. The lowest BCUT2D eigenvalue weighted by molar-refractivity contribution is -0.530. The first kappa shape index (κ1) is 15.3. The van der Waals surface area contributed by atoms with Crippen LogP contribution >= 0.6 is 0 Å². The first-order chi connectivity index (χ1) is 7.12. The molecule has 0 aromatic heterocycles. The van der Waals surface area contributed by atoms with Crippen LogP contribution in [-0.4, -0.2) is 31.9 Å². The predicted molar refractivity (Wildman–Crippen MR) is 30.0 cm³/mol. The molecule has 3 nitrogen and oxygen atoms in total. The van der Waals surface area contributed by atoms with Crippen LogP contribution in [0, 0.1) is 0 Å². The average molecular weight is 264 g/mol. The molecule has 0 aromatic carbocycles. The molecule has 0 aliphatic rings. The average Bonchev–Trinajstić information content (AvgIpc) is 2.14. The first-order valence-corrected chi connectivity index (χ1v) is 3.32. The summed E-state index contributed by atoms with van der Waals surface area (Å²) < 4.78 is 98.6. The molecule has 0 radical (unpaired) electrons. The number of ether oxygens (including phenoxy) is 1. The van der Waals surface area contributed by atoms with Crippen molar-refractivity contribution in [3.63, 3.8) is 0 Å². The van der Waals surface area contributed by atoms with E-state index in [4.69, 9.17) is 0 Å². The van der Waals surface area contributed by atoms with Gasteiger partial charge in [0.05, 0.1) is 0 Å². The minimum Gasteiger partial charge on any atom is -0.283 e. The van der Waals surface area contributed by atoms with E-state index in [2.05, 4.69) is 14.5 Å². The summed E-state index contributed by atoms with van der Waals surface area (Å²) in [5.74, 6) is -6.25. The third-order valence-corrected chi connectivity index (χ3v) is 1.18. The molecule has 0 bridgehead atoms. The molecule has 0 atom stereocenters. The van der Waals surface area contributed by atoms with E-state index in [1.807, 2.05) is 0 Å². The smallest absolute Gasteiger partial charge is 0.283 e. The van der Waals surface area contributed by atoms with Gasteiger partial charge in [-0.05, 0) is 0 Å². The van der Waals surface area contributed by atoms with Crippen molar-refractivity contribution in [1.29, 1.82) is 0 Å². The molecule has 16 heavy (non-hydrogen) atoms. The van der Waals surface area contributed by atoms with Crippen molar-refractivity contribution in [2.45, 2.75) is 18.1 Å². The van der Waals surface area contributed by atoms with Crippen molar-refractivity contribution in [2.75, 3.05) is 13.7 Å². The molecule has 0 rings (SSSR count). The van der Waals surface area contributed by atoms with Crippen molar-refractivity contribution in [3.05, 3.63) is 0 Å². The van der Waals surface area contributed by atoms with Crippen molar-refractivity contribution in [3.8, 4) is 0 Å². The van der Waals surface area contributed by atoms with E-state index in [1.54, 1.807) is 0 Å². The summed E-state index contributed by atoms with van der Waals surface area (Å²) in [6.45, 7) is -4.52. The Labute approximate surface area is 82.8 Å². The standard InChI is InChI=1S/C5H4F8O3/c6-1-14-4(10,11)3(8,9)5(12,13)16-15-2-7/h1-2H2. The second-order valence-corrected chi connectivity index (χ2v) is 2.17. The van der Waals surface area contributed by atoms with E-state index in [-0.39, 0.29) is 0 Å². The molecule has 0 aliphatic heterocycles. The normalized spacial score (nSPS) is 14.2. The van der Waals surface area contributed by atoms with E-state index < -0.39 is 31.9 Å². The maximum Gasteiger partial charge on any atom is 0.454 e. The Morgan fingerprint density at radius 2 is 1.25 bits per heavy atom. The van der Waals surface area contributed by atoms with Crippen LogP contribution in [0.4, 0.5) is 35.1 Å². The van der Waals surface area contributed by atoms with E-state index in [0.29, 0.717) is 0 Å². The highest BCUT2D eigenvalue weighted by Gasteiger charge is 2.75. The molecule has 0 fully saturated rings. The second-order valence-electron chi connectivity index (χ2n) is 2.17. The predicted octanol–water partition coefficient (Wildman–Crippen LogP) is 2.63. The van der Waals surface area contributed by atoms with Crippen molar-refractivity contribution < 1.29 is 49.6 Å². The molecular weight excluding hydrogens is 260 g/mol. The molecule has 0 heterocycles. The lowest BCUT2D eigenvalue weighted by atomic mass is 10.3. The third kappa shape index (κ3) is 2.92. The summed E-state index contributed by atoms with van der Waals surface area (Å²) in [7, 11) is 0. The van der Waals surface area contributed by atoms with Crippen molar-refractivity contribution in [2.24, 2.45) is 0 Å². The maximum atomic E-state index is 12.4. The Balaban J connectivity index is 4.86. The molecule has 0 unspecified atom stereocenters. The lowest BCUT2D eigenvalue weighted by Gasteiger charge is -2.29. The van der Waals surface area contributed by atoms with Gasteiger partial charge in [0.1, 0.15) is 0 Å². The van der Waals surface area contributed by atoms with Gasteiger partial charge in [-0.3, -0.25) is 4.74 Å². The second kappa shape index (κ2) is 5.10. The van der Waals surface area contributed by atoms with Gasteiger partial charge in [0.2, 0.25) is 6.86 Å². The van der Waals surface area contributed by atoms with Gasteiger partial charge in [0.15, 0.2) is 6.86 Å². The maximum absolute atomic E-state index is 12.4. The van der Waals surface area contributed by atoms with Crippen LogP contribution in [0.1, 0.15) is 0 Å². The van der Waals surface area contributed by atoms with Gasteiger partial charge in [-0.1, -0.05) is 0 Å². The van der Waals surface area contributed by atoms with E-state index in [9.17, 15) is 35.1 Å². The van der Waals surface area contributed by atoms with Crippen LogP contribution in [0.25, 0.3) is 0 Å². The topological polar surface area (TPSA) is 27.7 Å². The number of halogens is 8. The number of rotatable bonds is 7. The summed E-state index contributed by atoms with van der Waals surface area (Å²) in [4.78, 5) is 5.21. The van der Waals surface area contributed by atoms with E-state index >= 15 is 0 Å². The molecule has 0 saturated heterocycles. The van der Waals surface area contributed by atoms with Gasteiger partial charge < -0.3 is 0 Å². The minimum atomic E-state index is -6.25. The fourth-order valence-corrected chi connectivity index (χ4v) is 0.477. The number of hydrogen-bond acceptors (Lipinski definition) is 3. The van der Waals surface area contributed by atoms with Crippen LogP contribution in [0.15, 0.2) is 0 Å². The fraction of sp³-hybridized carbons (Fsp3) is 1.00. The Hall–Kier alpha value is -0.680. The highest BCUT2D eigenvalue weighted by molar-refractivity contribution is 4.84. The van der Waals surface area contributed by atoms with Crippen molar-refractivity contribution in [1.82, 2.24) is 0 Å². The van der Waals surface area contributed by atoms with Gasteiger partial charge in [0, 0.05) is 0 Å². The van der Waals surface area contributed by atoms with Crippen LogP contribution in [0.5, 0.6) is 0 Å². The van der Waals surface area contributed by atoms with Gasteiger partial charge in [-0.25, -0.2) is 8.78 Å². The van der Waals surface area contributed by atoms with Gasteiger partial charge in [-0.2, -0.15) is 36.1 Å². The molecule has 11 heteroatoms. The monoisotopic (exact) mass is 264 g/mol. The summed E-state index contributed by atoms with van der Waals surface area (Å²) in [6, 6.07) is 0. The zero-order valence-corrected chi connectivity index (χ0v) is 7.16. The summed E-state index contributed by atoms with van der Waals surface area (Å²) in [5, 5.41) is 0. The fourth-order valence-electron chi connectivity index (χ4n) is 0.477. The zero-order valence-electron chi connectivity index (χ0n) is 7.16. The van der Waals surface area contributed by atoms with Crippen LogP contribution < -0.4 is 0 Å². The Kier molecular flexibility index (Phi) is 4.88. The summed E-state index contributed by atoms with van der Waals surface area (Å²) >= 11 is 0. The molecule has 0 saturated carbocycles. The SMILES string of the molecule is FCOOC(F)(F)C(F)(F)C(F)(F)OCF. The first-order valence-electron chi connectivity index (χ1n) is 3.32. The molecule has 0 spiro atoms. The minimum absolute atomic E-state index is 2.08. The molecule has 0 amide bonds. The van der Waals surface area contributed by atoms with Gasteiger partial charge >= 0.3 is 18.1 Å².